The van der Waals surface area contributed by atoms with E-state index < -0.39 is 29.3 Å². The van der Waals surface area contributed by atoms with Crippen LogP contribution in [0, 0.1) is 5.82 Å². The molecule has 3 rings (SSSR count). The van der Waals surface area contributed by atoms with Crippen LogP contribution in [-0.2, 0) is 6.18 Å². The Balaban J connectivity index is 1.57. The van der Waals surface area contributed by atoms with E-state index in [1.807, 2.05) is 11.9 Å². The predicted octanol–water partition coefficient (Wildman–Crippen LogP) is 6.19. The zero-order chi connectivity index (χ0) is 27.7. The van der Waals surface area contributed by atoms with Crippen LogP contribution in [0.25, 0.3) is 0 Å². The fourth-order valence-electron chi connectivity index (χ4n) is 3.65. The summed E-state index contributed by atoms with van der Waals surface area (Å²) in [6.45, 7) is 8.04. The minimum atomic E-state index is -4.66. The molecule has 2 amide bonds. The van der Waals surface area contributed by atoms with Crippen LogP contribution in [0.15, 0.2) is 54.7 Å². The molecule has 0 aliphatic heterocycles. The summed E-state index contributed by atoms with van der Waals surface area (Å²) in [6, 6.07) is 9.40. The van der Waals surface area contributed by atoms with Crippen molar-refractivity contribution in [3.8, 4) is 0 Å². The van der Waals surface area contributed by atoms with Crippen LogP contribution in [0.5, 0.6) is 0 Å². The molecule has 38 heavy (non-hydrogen) atoms. The van der Waals surface area contributed by atoms with E-state index in [-0.39, 0.29) is 0 Å². The first-order chi connectivity index (χ1) is 18.1. The van der Waals surface area contributed by atoms with E-state index in [9.17, 15) is 22.4 Å². The van der Waals surface area contributed by atoms with Crippen LogP contribution in [-0.4, -0.2) is 54.1 Å². The Labute approximate surface area is 219 Å². The lowest BCUT2D eigenvalue weighted by Crippen LogP contribution is -2.25. The Morgan fingerprint density at radius 1 is 1.00 bits per heavy atom. The molecule has 0 spiro atoms. The third kappa shape index (κ3) is 8.04. The van der Waals surface area contributed by atoms with Crippen LogP contribution < -0.4 is 20.9 Å². The molecule has 1 aromatic heterocycles. The monoisotopic (exact) mass is 533 g/mol. The number of hydrogen-bond donors (Lipinski definition) is 3. The highest BCUT2D eigenvalue weighted by atomic mass is 19.4. The molecular weight excluding hydrogens is 502 g/mol. The maximum Gasteiger partial charge on any atom is 0.416 e. The molecule has 3 N–H and O–H groups in total. The number of benzene rings is 2. The lowest BCUT2D eigenvalue weighted by Gasteiger charge is -2.20. The molecule has 0 fully saturated rings. The average molecular weight is 534 g/mol. The van der Waals surface area contributed by atoms with Gasteiger partial charge in [0.2, 0.25) is 5.95 Å². The second kappa shape index (κ2) is 13.0. The molecule has 0 bridgehead atoms. The van der Waals surface area contributed by atoms with Crippen molar-refractivity contribution in [2.24, 2.45) is 0 Å². The summed E-state index contributed by atoms with van der Waals surface area (Å²) in [4.78, 5) is 25.3. The molecule has 0 atom stereocenters. The summed E-state index contributed by atoms with van der Waals surface area (Å²) in [5.74, 6) is 0.197. The molecule has 0 radical (unpaired) electrons. The number of urea groups is 1. The normalized spacial score (nSPS) is 11.4. The van der Waals surface area contributed by atoms with Gasteiger partial charge < -0.3 is 25.8 Å². The SMILES string of the molecule is CCN(CC)CCCNc1nccc(N(C)c2ccc(NC(=O)Nc3cc(C(F)(F)F)ccc3F)cc2)n1. The Morgan fingerprint density at radius 3 is 2.37 bits per heavy atom. The molecule has 0 aliphatic rings. The van der Waals surface area contributed by atoms with Crippen molar-refractivity contribution in [1.29, 1.82) is 0 Å². The van der Waals surface area contributed by atoms with Gasteiger partial charge in [0.25, 0.3) is 0 Å². The molecule has 3 aromatic rings. The maximum absolute atomic E-state index is 13.9. The van der Waals surface area contributed by atoms with Gasteiger partial charge in [-0.05, 0) is 74.6 Å². The smallest absolute Gasteiger partial charge is 0.354 e. The molecule has 12 heteroatoms. The first-order valence-corrected chi connectivity index (χ1v) is 12.2. The number of hydrogen-bond acceptors (Lipinski definition) is 6. The molecule has 0 saturated heterocycles. The minimum absolute atomic E-state index is 0.366. The highest BCUT2D eigenvalue weighted by molar-refractivity contribution is 6.00. The van der Waals surface area contributed by atoms with Gasteiger partial charge in [-0.2, -0.15) is 18.2 Å². The van der Waals surface area contributed by atoms with Crippen LogP contribution in [0.4, 0.5) is 51.2 Å². The Hall–Kier alpha value is -3.93. The Kier molecular flexibility index (Phi) is 9.83. The number of anilines is 5. The van der Waals surface area contributed by atoms with Crippen molar-refractivity contribution in [3.05, 3.63) is 66.1 Å². The molecule has 0 unspecified atom stereocenters. The van der Waals surface area contributed by atoms with Gasteiger partial charge in [0.05, 0.1) is 11.3 Å². The minimum Gasteiger partial charge on any atom is -0.354 e. The molecule has 8 nitrogen and oxygen atoms in total. The number of rotatable bonds is 11. The quantitative estimate of drug-likeness (QED) is 0.201. The highest BCUT2D eigenvalue weighted by Gasteiger charge is 2.31. The Bertz CT molecular complexity index is 1200. The van der Waals surface area contributed by atoms with Gasteiger partial charge in [-0.3, -0.25) is 0 Å². The average Bonchev–Trinajstić information content (AvgIpc) is 2.89. The Morgan fingerprint density at radius 2 is 1.71 bits per heavy atom. The van der Waals surface area contributed by atoms with Crippen LogP contribution >= 0.6 is 0 Å². The van der Waals surface area contributed by atoms with Gasteiger partial charge in [0, 0.05) is 31.2 Å². The van der Waals surface area contributed by atoms with Crippen LogP contribution in [0.1, 0.15) is 25.8 Å². The van der Waals surface area contributed by atoms with E-state index in [0.717, 1.165) is 38.3 Å². The number of carbonyl (C=O) groups excluding carboxylic acids is 1. The predicted molar refractivity (Wildman–Crippen MR) is 141 cm³/mol. The highest BCUT2D eigenvalue weighted by Crippen LogP contribution is 2.32. The van der Waals surface area contributed by atoms with Crippen molar-refractivity contribution in [2.75, 3.05) is 54.1 Å². The lowest BCUT2D eigenvalue weighted by atomic mass is 10.2. The maximum atomic E-state index is 13.9. The van der Waals surface area contributed by atoms with Gasteiger partial charge in [0.1, 0.15) is 11.6 Å². The summed E-state index contributed by atoms with van der Waals surface area (Å²) >= 11 is 0. The third-order valence-corrected chi connectivity index (χ3v) is 5.87. The fourth-order valence-corrected chi connectivity index (χ4v) is 3.65. The standard InChI is InChI=1S/C26H31F4N7O/c1-4-37(5-2)16-6-14-31-24-32-15-13-23(35-24)36(3)20-10-8-19(9-11-20)33-25(38)34-22-17-18(26(28,29)30)7-12-21(22)27/h7-13,15,17H,4-6,14,16H2,1-3H3,(H,31,32,35)(H2,33,34,38). The fraction of sp³-hybridized carbons (Fsp3) is 0.346. The zero-order valence-corrected chi connectivity index (χ0v) is 21.4. The number of nitrogens with zero attached hydrogens (tertiary/aromatic N) is 4. The van der Waals surface area contributed by atoms with Crippen molar-refractivity contribution in [2.45, 2.75) is 26.4 Å². The van der Waals surface area contributed by atoms with E-state index in [1.54, 1.807) is 36.5 Å². The van der Waals surface area contributed by atoms with Gasteiger partial charge in [0.15, 0.2) is 0 Å². The summed E-state index contributed by atoms with van der Waals surface area (Å²) in [5.41, 5.74) is -0.504. The van der Waals surface area contributed by atoms with Crippen molar-refractivity contribution < 1.29 is 22.4 Å². The summed E-state index contributed by atoms with van der Waals surface area (Å²) in [7, 11) is 1.83. The molecule has 204 valence electrons. The summed E-state index contributed by atoms with van der Waals surface area (Å²) in [6.07, 6.45) is -2.03. The number of amides is 2. The van der Waals surface area contributed by atoms with E-state index in [1.165, 1.54) is 0 Å². The largest absolute Gasteiger partial charge is 0.416 e. The summed E-state index contributed by atoms with van der Waals surface area (Å²) < 4.78 is 52.6. The van der Waals surface area contributed by atoms with E-state index in [4.69, 9.17) is 0 Å². The number of halogens is 4. The lowest BCUT2D eigenvalue weighted by molar-refractivity contribution is -0.137. The third-order valence-electron chi connectivity index (χ3n) is 5.87. The van der Waals surface area contributed by atoms with Crippen LogP contribution in [0.2, 0.25) is 0 Å². The molecule has 0 saturated carbocycles. The first-order valence-electron chi connectivity index (χ1n) is 12.2. The molecule has 0 aliphatic carbocycles. The van der Waals surface area contributed by atoms with Gasteiger partial charge >= 0.3 is 12.2 Å². The zero-order valence-electron chi connectivity index (χ0n) is 21.4. The van der Waals surface area contributed by atoms with Gasteiger partial charge in [-0.25, -0.2) is 14.2 Å². The van der Waals surface area contributed by atoms with Gasteiger partial charge in [-0.1, -0.05) is 13.8 Å². The van der Waals surface area contributed by atoms with Crippen LogP contribution in [0.3, 0.4) is 0 Å². The van der Waals surface area contributed by atoms with Crippen molar-refractivity contribution in [1.82, 2.24) is 14.9 Å². The topological polar surface area (TPSA) is 85.4 Å². The number of aromatic nitrogens is 2. The van der Waals surface area contributed by atoms with E-state index in [0.29, 0.717) is 35.7 Å². The number of alkyl halides is 3. The second-order valence-electron chi connectivity index (χ2n) is 8.42. The molecular formula is C26H31F4N7O. The molecule has 1 heterocycles. The first kappa shape index (κ1) is 28.6. The van der Waals surface area contributed by atoms with Crippen molar-refractivity contribution >= 4 is 34.9 Å². The van der Waals surface area contributed by atoms with E-state index >= 15 is 0 Å². The molecule has 2 aromatic carbocycles. The summed E-state index contributed by atoms with van der Waals surface area (Å²) in [5, 5.41) is 7.83. The van der Waals surface area contributed by atoms with E-state index in [2.05, 4.69) is 44.7 Å². The van der Waals surface area contributed by atoms with Gasteiger partial charge in [-0.15, -0.1) is 0 Å². The second-order valence-corrected chi connectivity index (χ2v) is 8.42. The number of carbonyl (C=O) groups is 1. The number of nitrogens with one attached hydrogen (secondary N) is 3. The van der Waals surface area contributed by atoms with Crippen molar-refractivity contribution in [3.63, 3.8) is 0 Å².